The lowest BCUT2D eigenvalue weighted by atomic mass is 10.1. The van der Waals surface area contributed by atoms with E-state index in [0.29, 0.717) is 51.0 Å². The predicted octanol–water partition coefficient (Wildman–Crippen LogP) is 10.9. The monoisotopic (exact) mass is 890 g/mol. The Hall–Kier alpha value is -7.47. The fraction of sp³-hybridized carbons (Fsp3) is 0.278. The van der Waals surface area contributed by atoms with Gasteiger partial charge in [-0.2, -0.15) is 0 Å². The first-order valence-electron chi connectivity index (χ1n) is 22.6. The van der Waals surface area contributed by atoms with Gasteiger partial charge in [0, 0.05) is 76.5 Å². The van der Waals surface area contributed by atoms with E-state index in [1.54, 1.807) is 6.07 Å². The number of ether oxygens (including phenoxy) is 4. The molecule has 342 valence electrons. The summed E-state index contributed by atoms with van der Waals surface area (Å²) in [7, 11) is 0. The molecule has 0 spiro atoms. The van der Waals surface area contributed by atoms with Crippen molar-refractivity contribution >= 4 is 67.1 Å². The summed E-state index contributed by atoms with van der Waals surface area (Å²) in [5.41, 5.74) is 5.98. The molecule has 2 heterocycles. The Bertz CT molecular complexity index is 2920. The number of fused-ring (bicyclic) bond motifs is 6. The average Bonchev–Trinajstić information content (AvgIpc) is 3.79. The fourth-order valence-electron chi connectivity index (χ4n) is 7.99. The van der Waals surface area contributed by atoms with Crippen LogP contribution in [0.3, 0.4) is 0 Å². The zero-order chi connectivity index (χ0) is 46.3. The summed E-state index contributed by atoms with van der Waals surface area (Å²) in [6.07, 6.45) is 3.54. The minimum absolute atomic E-state index is 0.00934. The largest absolute Gasteiger partial charge is 0.494 e. The van der Waals surface area contributed by atoms with Crippen molar-refractivity contribution in [3.8, 4) is 23.0 Å². The van der Waals surface area contributed by atoms with Gasteiger partial charge in [0.2, 0.25) is 11.8 Å². The highest BCUT2D eigenvalue weighted by Gasteiger charge is 2.15. The SMILES string of the molecule is CC(=O)Nc1cccc(OCCCCOc2ccc3c4ccccc4n(CCC(=O)O)c3c2)c1.CCNC(=O)Cn1c2ccccc2c2ccc(OCCCCOc3cccc(C)c3)cc21. The number of carbonyl (C=O) groups is 3. The lowest BCUT2D eigenvalue weighted by Gasteiger charge is -2.10. The van der Waals surface area contributed by atoms with Gasteiger partial charge >= 0.3 is 5.97 Å². The third-order valence-electron chi connectivity index (χ3n) is 11.0. The number of benzene rings is 6. The Kier molecular flexibility index (Phi) is 16.2. The van der Waals surface area contributed by atoms with Gasteiger partial charge in [-0.15, -0.1) is 0 Å². The maximum atomic E-state index is 12.3. The number of amides is 2. The van der Waals surface area contributed by atoms with Crippen LogP contribution in [0.1, 0.15) is 51.5 Å². The number of nitrogens with zero attached hydrogens (tertiary/aromatic N) is 2. The molecule has 6 aromatic carbocycles. The lowest BCUT2D eigenvalue weighted by molar-refractivity contribution is -0.137. The molecule has 2 aromatic heterocycles. The highest BCUT2D eigenvalue weighted by atomic mass is 16.5. The molecule has 8 aromatic rings. The maximum Gasteiger partial charge on any atom is 0.305 e. The molecular weight excluding hydrogens is 833 g/mol. The van der Waals surface area contributed by atoms with E-state index >= 15 is 0 Å². The van der Waals surface area contributed by atoms with Crippen LogP contribution in [0.15, 0.2) is 133 Å². The molecule has 12 heteroatoms. The van der Waals surface area contributed by atoms with Gasteiger partial charge in [0.25, 0.3) is 0 Å². The number of para-hydroxylation sites is 2. The van der Waals surface area contributed by atoms with Crippen LogP contribution in [-0.2, 0) is 27.5 Å². The van der Waals surface area contributed by atoms with Crippen LogP contribution in [0.5, 0.6) is 23.0 Å². The molecule has 0 bridgehead atoms. The Labute approximate surface area is 385 Å². The fourth-order valence-corrected chi connectivity index (χ4v) is 7.99. The van der Waals surface area contributed by atoms with Crippen LogP contribution >= 0.6 is 0 Å². The summed E-state index contributed by atoms with van der Waals surface area (Å²) in [4.78, 5) is 34.6. The molecule has 0 unspecified atom stereocenters. The van der Waals surface area contributed by atoms with Gasteiger partial charge in [0.1, 0.15) is 29.5 Å². The minimum atomic E-state index is -0.817. The van der Waals surface area contributed by atoms with E-state index in [4.69, 9.17) is 24.1 Å². The number of nitrogens with one attached hydrogen (secondary N) is 2. The van der Waals surface area contributed by atoms with Crippen molar-refractivity contribution < 1.29 is 38.4 Å². The molecule has 0 saturated heterocycles. The van der Waals surface area contributed by atoms with Gasteiger partial charge in [0.05, 0.1) is 43.9 Å². The topological polar surface area (TPSA) is 142 Å². The van der Waals surface area contributed by atoms with Gasteiger partial charge in [-0.05, 0) is 106 Å². The van der Waals surface area contributed by atoms with Crippen molar-refractivity contribution in [2.24, 2.45) is 0 Å². The minimum Gasteiger partial charge on any atom is -0.494 e. The molecule has 8 rings (SSSR count). The summed E-state index contributed by atoms with van der Waals surface area (Å²) in [6, 6.07) is 43.8. The maximum absolute atomic E-state index is 12.3. The molecule has 0 radical (unpaired) electrons. The van der Waals surface area contributed by atoms with Crippen molar-refractivity contribution in [3.63, 3.8) is 0 Å². The smallest absolute Gasteiger partial charge is 0.305 e. The average molecular weight is 891 g/mol. The van der Waals surface area contributed by atoms with Crippen LogP contribution in [-0.4, -0.2) is 65.0 Å². The predicted molar refractivity (Wildman–Crippen MR) is 262 cm³/mol. The summed E-state index contributed by atoms with van der Waals surface area (Å²) in [5.74, 6) is 2.28. The Morgan fingerprint density at radius 1 is 0.545 bits per heavy atom. The third-order valence-corrected chi connectivity index (χ3v) is 11.0. The number of hydrogen-bond donors (Lipinski definition) is 3. The molecule has 2 amide bonds. The first kappa shape index (κ1) is 46.5. The number of anilines is 1. The number of carboxylic acids is 1. The highest BCUT2D eigenvalue weighted by molar-refractivity contribution is 6.09. The number of aryl methyl sites for hydroxylation is 2. The van der Waals surface area contributed by atoms with E-state index in [9.17, 15) is 14.4 Å². The van der Waals surface area contributed by atoms with Crippen LogP contribution in [0.4, 0.5) is 5.69 Å². The van der Waals surface area contributed by atoms with Crippen molar-refractivity contribution in [2.45, 2.75) is 66.0 Å². The number of carbonyl (C=O) groups excluding carboxylic acids is 2. The molecule has 0 aliphatic heterocycles. The Balaban J connectivity index is 0.000000197. The second-order valence-corrected chi connectivity index (χ2v) is 16.1. The third kappa shape index (κ3) is 12.4. The number of aliphatic carboxylic acids is 1. The molecule has 0 aliphatic rings. The van der Waals surface area contributed by atoms with Gasteiger partial charge in [-0.1, -0.05) is 54.6 Å². The molecule has 0 fully saturated rings. The van der Waals surface area contributed by atoms with E-state index in [-0.39, 0.29) is 24.8 Å². The second kappa shape index (κ2) is 22.9. The molecule has 0 aliphatic carbocycles. The van der Waals surface area contributed by atoms with E-state index in [2.05, 4.69) is 57.0 Å². The number of rotatable bonds is 21. The van der Waals surface area contributed by atoms with Crippen LogP contribution in [0.25, 0.3) is 43.6 Å². The normalized spacial score (nSPS) is 11.0. The zero-order valence-corrected chi connectivity index (χ0v) is 37.9. The lowest BCUT2D eigenvalue weighted by Crippen LogP contribution is -2.27. The van der Waals surface area contributed by atoms with Crippen molar-refractivity contribution in [2.75, 3.05) is 38.3 Å². The second-order valence-electron chi connectivity index (χ2n) is 16.1. The number of aromatic nitrogens is 2. The summed E-state index contributed by atoms with van der Waals surface area (Å²) < 4.78 is 27.7. The van der Waals surface area contributed by atoms with Crippen molar-refractivity contribution in [1.82, 2.24) is 14.5 Å². The van der Waals surface area contributed by atoms with E-state index < -0.39 is 5.97 Å². The molecule has 12 nitrogen and oxygen atoms in total. The highest BCUT2D eigenvalue weighted by Crippen LogP contribution is 2.33. The Morgan fingerprint density at radius 3 is 1.56 bits per heavy atom. The summed E-state index contributed by atoms with van der Waals surface area (Å²) in [6.45, 7) is 9.19. The first-order valence-corrected chi connectivity index (χ1v) is 22.6. The summed E-state index contributed by atoms with van der Waals surface area (Å²) in [5, 5.41) is 19.3. The van der Waals surface area contributed by atoms with Crippen molar-refractivity contribution in [1.29, 1.82) is 0 Å². The number of likely N-dealkylation sites (N-methyl/N-ethyl adjacent to an activating group) is 1. The van der Waals surface area contributed by atoms with Gasteiger partial charge in [-0.25, -0.2) is 0 Å². The van der Waals surface area contributed by atoms with Crippen LogP contribution < -0.4 is 29.6 Å². The standard InChI is InChI=1S/C27H28N2O5.C27H30N2O3/c1-19(30)28-20-7-6-8-21(17-20)33-15-4-5-16-34-22-11-12-24-23-9-2-3-10-25(23)29(26(24)18-22)14-13-27(31)32;1-3-28-27(30)19-29-25-12-5-4-11-23(25)24-14-13-22(18-26(24)29)32-16-7-6-15-31-21-10-8-9-20(2)17-21/h2-3,6-12,17-18H,4-5,13-16H2,1H3,(H,28,30)(H,31,32);4-5,8-14,17-18H,3,6-7,15-16,19H2,1-2H3,(H,28,30). The molecule has 0 atom stereocenters. The van der Waals surface area contributed by atoms with Gasteiger partial charge in [-0.3, -0.25) is 14.4 Å². The van der Waals surface area contributed by atoms with Gasteiger partial charge < -0.3 is 43.8 Å². The summed E-state index contributed by atoms with van der Waals surface area (Å²) >= 11 is 0. The molecular formula is C54H58N4O8. The zero-order valence-electron chi connectivity index (χ0n) is 37.9. The number of unbranched alkanes of at least 4 members (excludes halogenated alkanes) is 2. The first-order chi connectivity index (χ1) is 32.2. The van der Waals surface area contributed by atoms with E-state index in [1.807, 2.05) is 104 Å². The molecule has 3 N–H and O–H groups in total. The van der Waals surface area contributed by atoms with E-state index in [0.717, 1.165) is 86.5 Å². The van der Waals surface area contributed by atoms with E-state index in [1.165, 1.54) is 12.5 Å². The van der Waals surface area contributed by atoms with Crippen LogP contribution in [0.2, 0.25) is 0 Å². The van der Waals surface area contributed by atoms with Crippen molar-refractivity contribution in [3.05, 3.63) is 139 Å². The Morgan fingerprint density at radius 2 is 1.03 bits per heavy atom. The van der Waals surface area contributed by atoms with Gasteiger partial charge in [0.15, 0.2) is 0 Å². The van der Waals surface area contributed by atoms with Crippen LogP contribution in [0, 0.1) is 6.92 Å². The molecule has 0 saturated carbocycles. The number of carboxylic acid groups (broad SMARTS) is 1. The number of hydrogen-bond acceptors (Lipinski definition) is 7. The molecule has 66 heavy (non-hydrogen) atoms. The quantitative estimate of drug-likeness (QED) is 0.0606.